The number of furan rings is 1. The molecule has 3 rings (SSSR count). The molecule has 144 valence electrons. The third-order valence-electron chi connectivity index (χ3n) is 4.02. The molecule has 0 atom stereocenters. The number of nitro benzene ring substituents is 1. The van der Waals surface area contributed by atoms with E-state index in [-0.39, 0.29) is 11.3 Å². The molecule has 1 amide bonds. The van der Waals surface area contributed by atoms with Crippen LogP contribution < -0.4 is 5.32 Å². The average molecular weight is 452 g/mol. The van der Waals surface area contributed by atoms with Crippen molar-refractivity contribution >= 4 is 39.3 Å². The van der Waals surface area contributed by atoms with Gasteiger partial charge in [0.05, 0.1) is 4.92 Å². The fourth-order valence-corrected chi connectivity index (χ4v) is 3.08. The molecule has 1 aromatic heterocycles. The lowest BCUT2D eigenvalue weighted by molar-refractivity contribution is -0.384. The number of halogens is 1. The summed E-state index contributed by atoms with van der Waals surface area (Å²) in [6.45, 7) is 1.93. The van der Waals surface area contributed by atoms with E-state index in [4.69, 9.17) is 4.42 Å². The third kappa shape index (κ3) is 4.78. The van der Waals surface area contributed by atoms with E-state index >= 15 is 0 Å². The summed E-state index contributed by atoms with van der Waals surface area (Å²) < 4.78 is 6.19. The van der Waals surface area contributed by atoms with Gasteiger partial charge < -0.3 is 9.73 Å². The summed E-state index contributed by atoms with van der Waals surface area (Å²) in [6.07, 6.45) is 1.34. The van der Waals surface area contributed by atoms with Crippen LogP contribution in [-0.2, 0) is 4.79 Å². The van der Waals surface area contributed by atoms with Crippen LogP contribution >= 0.6 is 15.9 Å². The maximum Gasteiger partial charge on any atom is 0.270 e. The standard InChI is InChI=1S/C21H14BrN3O4/c1-13-2-4-15(5-3-13)24-21(26)14(12-23)10-17-7-9-20(29-17)18-8-6-16(25(27)28)11-19(18)22/h2-11H,1H3,(H,24,26)/b14-10-. The number of amides is 1. The first-order chi connectivity index (χ1) is 13.9. The maximum atomic E-state index is 12.4. The Hall–Kier alpha value is -3.70. The van der Waals surface area contributed by atoms with Crippen molar-refractivity contribution in [2.45, 2.75) is 6.92 Å². The van der Waals surface area contributed by atoms with Crippen LogP contribution in [0.2, 0.25) is 0 Å². The van der Waals surface area contributed by atoms with Gasteiger partial charge in [0, 0.05) is 33.9 Å². The predicted octanol–water partition coefficient (Wildman–Crippen LogP) is 5.47. The third-order valence-corrected chi connectivity index (χ3v) is 4.67. The highest BCUT2D eigenvalue weighted by molar-refractivity contribution is 9.10. The fourth-order valence-electron chi connectivity index (χ4n) is 2.52. The zero-order valence-corrected chi connectivity index (χ0v) is 16.8. The second kappa shape index (κ2) is 8.54. The number of nitrogens with one attached hydrogen (secondary N) is 1. The van der Waals surface area contributed by atoms with Gasteiger partial charge >= 0.3 is 0 Å². The molecule has 0 aliphatic rings. The number of nitro groups is 1. The van der Waals surface area contributed by atoms with Gasteiger partial charge in [0.1, 0.15) is 23.2 Å². The van der Waals surface area contributed by atoms with Crippen molar-refractivity contribution in [3.8, 4) is 17.4 Å². The number of non-ortho nitro benzene ring substituents is 1. The second-order valence-electron chi connectivity index (χ2n) is 6.11. The highest BCUT2D eigenvalue weighted by Crippen LogP contribution is 2.33. The van der Waals surface area contributed by atoms with Crippen molar-refractivity contribution in [1.29, 1.82) is 5.26 Å². The Kier molecular flexibility index (Phi) is 5.90. The van der Waals surface area contributed by atoms with Crippen LogP contribution in [0.3, 0.4) is 0 Å². The Labute approximate surface area is 174 Å². The molecule has 1 heterocycles. The van der Waals surface area contributed by atoms with Crippen molar-refractivity contribution in [2.24, 2.45) is 0 Å². The smallest absolute Gasteiger partial charge is 0.270 e. The van der Waals surface area contributed by atoms with Crippen molar-refractivity contribution in [2.75, 3.05) is 5.32 Å². The molecule has 1 N–H and O–H groups in total. The van der Waals surface area contributed by atoms with E-state index in [1.807, 2.05) is 25.1 Å². The van der Waals surface area contributed by atoms with Gasteiger partial charge in [-0.1, -0.05) is 17.7 Å². The van der Waals surface area contributed by atoms with Gasteiger partial charge in [0.15, 0.2) is 0 Å². The summed E-state index contributed by atoms with van der Waals surface area (Å²) in [5.74, 6) is 0.195. The summed E-state index contributed by atoms with van der Waals surface area (Å²) in [4.78, 5) is 22.7. The molecule has 29 heavy (non-hydrogen) atoms. The fraction of sp³-hybridized carbons (Fsp3) is 0.0476. The van der Waals surface area contributed by atoms with Crippen LogP contribution in [-0.4, -0.2) is 10.8 Å². The molecule has 7 nitrogen and oxygen atoms in total. The van der Waals surface area contributed by atoms with E-state index in [2.05, 4.69) is 21.2 Å². The van der Waals surface area contributed by atoms with Crippen LogP contribution in [0.15, 0.2) is 69.1 Å². The van der Waals surface area contributed by atoms with E-state index < -0.39 is 10.8 Å². The van der Waals surface area contributed by atoms with Crippen molar-refractivity contribution in [3.05, 3.63) is 86.1 Å². The topological polar surface area (TPSA) is 109 Å². The monoisotopic (exact) mass is 451 g/mol. The molecular formula is C21H14BrN3O4. The van der Waals surface area contributed by atoms with Crippen LogP contribution in [0, 0.1) is 28.4 Å². The molecule has 0 saturated heterocycles. The molecule has 0 radical (unpaired) electrons. The first-order valence-electron chi connectivity index (χ1n) is 8.41. The van der Waals surface area contributed by atoms with E-state index in [0.717, 1.165) is 5.56 Å². The van der Waals surface area contributed by atoms with Gasteiger partial charge in [0.25, 0.3) is 11.6 Å². The lowest BCUT2D eigenvalue weighted by Crippen LogP contribution is -2.13. The normalized spacial score (nSPS) is 11.0. The Morgan fingerprint density at radius 2 is 1.93 bits per heavy atom. The van der Waals surface area contributed by atoms with Gasteiger partial charge in [-0.2, -0.15) is 5.26 Å². The largest absolute Gasteiger partial charge is 0.457 e. The molecule has 2 aromatic carbocycles. The summed E-state index contributed by atoms with van der Waals surface area (Å²) >= 11 is 3.29. The molecular weight excluding hydrogens is 438 g/mol. The summed E-state index contributed by atoms with van der Waals surface area (Å²) in [6, 6.07) is 16.6. The zero-order chi connectivity index (χ0) is 21.0. The Balaban J connectivity index is 1.82. The zero-order valence-electron chi connectivity index (χ0n) is 15.2. The quantitative estimate of drug-likeness (QED) is 0.239. The number of hydrogen-bond donors (Lipinski definition) is 1. The predicted molar refractivity (Wildman–Crippen MR) is 112 cm³/mol. The van der Waals surface area contributed by atoms with Gasteiger partial charge in [-0.05, 0) is 53.2 Å². The molecule has 0 aliphatic carbocycles. The number of carbonyl (C=O) groups is 1. The van der Waals surface area contributed by atoms with Gasteiger partial charge in [0.2, 0.25) is 0 Å². The van der Waals surface area contributed by atoms with Gasteiger partial charge in [-0.3, -0.25) is 14.9 Å². The van der Waals surface area contributed by atoms with E-state index in [9.17, 15) is 20.2 Å². The Bertz CT molecular complexity index is 1160. The number of hydrogen-bond acceptors (Lipinski definition) is 5. The number of anilines is 1. The number of carbonyl (C=O) groups excluding carboxylic acids is 1. The van der Waals surface area contributed by atoms with Crippen molar-refractivity contribution < 1.29 is 14.1 Å². The molecule has 0 unspecified atom stereocenters. The minimum Gasteiger partial charge on any atom is -0.457 e. The van der Waals surface area contributed by atoms with E-state index in [0.29, 0.717) is 27.2 Å². The number of nitrogens with zero attached hydrogens (tertiary/aromatic N) is 2. The highest BCUT2D eigenvalue weighted by atomic mass is 79.9. The Morgan fingerprint density at radius 1 is 1.21 bits per heavy atom. The van der Waals surface area contributed by atoms with Crippen molar-refractivity contribution in [1.82, 2.24) is 0 Å². The number of rotatable bonds is 5. The van der Waals surface area contributed by atoms with Crippen LogP contribution in [0.5, 0.6) is 0 Å². The van der Waals surface area contributed by atoms with Gasteiger partial charge in [-0.15, -0.1) is 0 Å². The van der Waals surface area contributed by atoms with Crippen molar-refractivity contribution in [3.63, 3.8) is 0 Å². The van der Waals surface area contributed by atoms with Crippen LogP contribution in [0.1, 0.15) is 11.3 Å². The molecule has 8 heteroatoms. The number of nitriles is 1. The lowest BCUT2D eigenvalue weighted by Gasteiger charge is -2.04. The first kappa shape index (κ1) is 20.0. The molecule has 0 saturated carbocycles. The molecule has 0 aliphatic heterocycles. The molecule has 0 bridgehead atoms. The number of benzene rings is 2. The Morgan fingerprint density at radius 3 is 2.55 bits per heavy atom. The highest BCUT2D eigenvalue weighted by Gasteiger charge is 2.14. The molecule has 0 fully saturated rings. The minimum absolute atomic E-state index is 0.0492. The van der Waals surface area contributed by atoms with Crippen LogP contribution in [0.4, 0.5) is 11.4 Å². The number of aryl methyl sites for hydroxylation is 1. The van der Waals surface area contributed by atoms with Crippen LogP contribution in [0.25, 0.3) is 17.4 Å². The summed E-state index contributed by atoms with van der Waals surface area (Å²) in [5, 5.41) is 22.9. The summed E-state index contributed by atoms with van der Waals surface area (Å²) in [5.41, 5.74) is 2.08. The van der Waals surface area contributed by atoms with E-state index in [1.165, 1.54) is 18.2 Å². The SMILES string of the molecule is Cc1ccc(NC(=O)/C(C#N)=C\c2ccc(-c3ccc([N+](=O)[O-])cc3Br)o2)cc1. The van der Waals surface area contributed by atoms with E-state index in [1.54, 1.807) is 30.3 Å². The minimum atomic E-state index is -0.550. The first-order valence-corrected chi connectivity index (χ1v) is 9.20. The molecule has 3 aromatic rings. The lowest BCUT2D eigenvalue weighted by atomic mass is 10.1. The maximum absolute atomic E-state index is 12.4. The average Bonchev–Trinajstić information content (AvgIpc) is 3.16. The summed E-state index contributed by atoms with van der Waals surface area (Å²) in [7, 11) is 0. The molecule has 0 spiro atoms. The second-order valence-corrected chi connectivity index (χ2v) is 6.97. The van der Waals surface area contributed by atoms with Gasteiger partial charge in [-0.25, -0.2) is 0 Å².